The van der Waals surface area contributed by atoms with Crippen molar-refractivity contribution in [3.8, 4) is 11.5 Å². The van der Waals surface area contributed by atoms with Gasteiger partial charge in [0.15, 0.2) is 11.5 Å². The first-order valence-corrected chi connectivity index (χ1v) is 12.2. The van der Waals surface area contributed by atoms with E-state index in [1.807, 2.05) is 32.0 Å². The fourth-order valence-electron chi connectivity index (χ4n) is 3.71. The van der Waals surface area contributed by atoms with Crippen molar-refractivity contribution in [2.75, 3.05) is 12.4 Å². The Morgan fingerprint density at radius 3 is 2.52 bits per heavy atom. The van der Waals surface area contributed by atoms with Crippen LogP contribution in [0.3, 0.4) is 0 Å². The number of carbonyl (C=O) groups excluding carboxylic acids is 1. The lowest BCUT2D eigenvalue weighted by molar-refractivity contribution is -0.116. The quantitative estimate of drug-likeness (QED) is 0.572. The van der Waals surface area contributed by atoms with Crippen molar-refractivity contribution >= 4 is 32.8 Å². The van der Waals surface area contributed by atoms with Crippen LogP contribution in [0.2, 0.25) is 0 Å². The summed E-state index contributed by atoms with van der Waals surface area (Å²) in [6.45, 7) is 3.84. The molecule has 1 amide bonds. The molecule has 3 aromatic rings. The Hall–Kier alpha value is -2.84. The number of hydrogen-bond donors (Lipinski definition) is 1. The van der Waals surface area contributed by atoms with Crippen molar-refractivity contribution in [1.29, 1.82) is 0 Å². The number of thiophene rings is 1. The van der Waals surface area contributed by atoms with Gasteiger partial charge in [-0.2, -0.15) is 0 Å². The highest BCUT2D eigenvalue weighted by molar-refractivity contribution is 7.91. The third-order valence-corrected chi connectivity index (χ3v) is 8.10. The molecule has 1 aliphatic rings. The summed E-state index contributed by atoms with van der Waals surface area (Å²) in [4.78, 5) is 13.7. The molecule has 0 saturated carbocycles. The number of rotatable bonds is 6. The van der Waals surface area contributed by atoms with Crippen molar-refractivity contribution < 1.29 is 22.7 Å². The maximum absolute atomic E-state index is 13.2. The smallest absolute Gasteiger partial charge is 0.225 e. The lowest BCUT2D eigenvalue weighted by Gasteiger charge is -2.26. The van der Waals surface area contributed by atoms with Gasteiger partial charge in [-0.15, -0.1) is 11.3 Å². The summed E-state index contributed by atoms with van der Waals surface area (Å²) in [5.74, 6) is 0.579. The Morgan fingerprint density at radius 2 is 1.84 bits per heavy atom. The van der Waals surface area contributed by atoms with E-state index in [0.29, 0.717) is 17.2 Å². The van der Waals surface area contributed by atoms with E-state index in [1.54, 1.807) is 42.8 Å². The summed E-state index contributed by atoms with van der Waals surface area (Å²) in [6.07, 6.45) is 0.101. The molecule has 162 valence electrons. The highest BCUT2D eigenvalue weighted by Gasteiger charge is 2.36. The van der Waals surface area contributed by atoms with Gasteiger partial charge in [0.1, 0.15) is 4.90 Å². The monoisotopic (exact) mass is 457 g/mol. The van der Waals surface area contributed by atoms with Gasteiger partial charge in [-0.3, -0.25) is 4.79 Å². The summed E-state index contributed by atoms with van der Waals surface area (Å²) in [6, 6.07) is 13.8. The number of sulfone groups is 1. The van der Waals surface area contributed by atoms with Crippen molar-refractivity contribution in [3.05, 3.63) is 64.4 Å². The summed E-state index contributed by atoms with van der Waals surface area (Å²) in [5, 5.41) is 4.40. The minimum atomic E-state index is -3.77. The van der Waals surface area contributed by atoms with E-state index in [2.05, 4.69) is 5.32 Å². The van der Waals surface area contributed by atoms with Gasteiger partial charge in [0.25, 0.3) is 0 Å². The molecule has 0 aliphatic carbocycles. The molecule has 2 aromatic carbocycles. The summed E-state index contributed by atoms with van der Waals surface area (Å²) >= 11 is 1.33. The van der Waals surface area contributed by atoms with E-state index in [-0.39, 0.29) is 34.1 Å². The minimum absolute atomic E-state index is 0.0932. The second-order valence-corrected chi connectivity index (χ2v) is 10.3. The van der Waals surface area contributed by atoms with E-state index < -0.39 is 9.84 Å². The largest absolute Gasteiger partial charge is 0.493 e. The first-order valence-electron chi connectivity index (χ1n) is 9.87. The zero-order valence-electron chi connectivity index (χ0n) is 17.4. The highest BCUT2D eigenvalue weighted by Crippen LogP contribution is 2.49. The number of fused-ring (bicyclic) bond motifs is 1. The number of nitrogens with one attached hydrogen (secondary N) is 1. The number of anilines is 1. The average Bonchev–Trinajstić information content (AvgIpc) is 3.18. The predicted molar refractivity (Wildman–Crippen MR) is 120 cm³/mol. The summed E-state index contributed by atoms with van der Waals surface area (Å²) < 4.78 is 38.0. The molecule has 0 spiro atoms. The van der Waals surface area contributed by atoms with Crippen LogP contribution in [-0.4, -0.2) is 27.5 Å². The van der Waals surface area contributed by atoms with Crippen molar-refractivity contribution in [2.24, 2.45) is 0 Å². The van der Waals surface area contributed by atoms with E-state index in [9.17, 15) is 13.2 Å². The highest BCUT2D eigenvalue weighted by atomic mass is 32.2. The van der Waals surface area contributed by atoms with Crippen molar-refractivity contribution in [1.82, 2.24) is 0 Å². The first kappa shape index (κ1) is 21.4. The third kappa shape index (κ3) is 3.93. The molecule has 0 radical (unpaired) electrons. The number of hydrogen-bond acceptors (Lipinski definition) is 6. The number of methoxy groups -OCH3 is 1. The van der Waals surface area contributed by atoms with E-state index in [4.69, 9.17) is 9.47 Å². The van der Waals surface area contributed by atoms with Gasteiger partial charge in [0.05, 0.1) is 23.8 Å². The Bertz CT molecular complexity index is 1220. The topological polar surface area (TPSA) is 81.7 Å². The van der Waals surface area contributed by atoms with E-state index in [1.165, 1.54) is 11.3 Å². The van der Waals surface area contributed by atoms with Gasteiger partial charge in [0, 0.05) is 28.2 Å². The molecule has 0 saturated heterocycles. The van der Waals surface area contributed by atoms with E-state index in [0.717, 1.165) is 10.4 Å². The van der Waals surface area contributed by atoms with Crippen LogP contribution in [0.1, 0.15) is 36.6 Å². The predicted octanol–water partition coefficient (Wildman–Crippen LogP) is 4.85. The molecular weight excluding hydrogens is 434 g/mol. The number of ether oxygens (including phenoxy) is 2. The number of amides is 1. The summed E-state index contributed by atoms with van der Waals surface area (Å²) in [5.41, 5.74) is 1.16. The molecule has 2 heterocycles. The number of carbonyl (C=O) groups is 1. The molecule has 8 heteroatoms. The van der Waals surface area contributed by atoms with Crippen LogP contribution in [0.25, 0.3) is 0 Å². The first-order chi connectivity index (χ1) is 14.8. The second kappa shape index (κ2) is 8.36. The van der Waals surface area contributed by atoms with Crippen LogP contribution in [0.15, 0.2) is 63.7 Å². The zero-order valence-corrected chi connectivity index (χ0v) is 19.0. The molecule has 1 aromatic heterocycles. The van der Waals surface area contributed by atoms with Gasteiger partial charge >= 0.3 is 0 Å². The van der Waals surface area contributed by atoms with Crippen molar-refractivity contribution in [3.63, 3.8) is 0 Å². The fraction of sp³-hybridized carbons (Fsp3) is 0.261. The standard InChI is InChI=1S/C23H23NO5S2/c1-14(2)29-22-16(10-7-11-18(22)28-3)17-12-20(25)24-21-19(13-30-23(17)21)31(26,27)15-8-5-4-6-9-15/h4-11,13-14,17H,12H2,1-3H3,(H,24,25)/t17-/m1/s1. The van der Waals surface area contributed by atoms with Crippen LogP contribution >= 0.6 is 11.3 Å². The molecule has 4 rings (SSSR count). The van der Waals surface area contributed by atoms with Gasteiger partial charge in [-0.1, -0.05) is 30.3 Å². The maximum Gasteiger partial charge on any atom is 0.225 e. The van der Waals surface area contributed by atoms with Gasteiger partial charge < -0.3 is 14.8 Å². The van der Waals surface area contributed by atoms with Gasteiger partial charge in [0.2, 0.25) is 15.7 Å². The molecule has 1 atom stereocenters. The Labute approximate surface area is 185 Å². The lowest BCUT2D eigenvalue weighted by Crippen LogP contribution is -2.24. The normalized spacial score (nSPS) is 16.0. The Morgan fingerprint density at radius 1 is 1.10 bits per heavy atom. The fourth-order valence-corrected chi connectivity index (χ4v) is 6.63. The zero-order chi connectivity index (χ0) is 22.2. The minimum Gasteiger partial charge on any atom is -0.493 e. The Kier molecular flexibility index (Phi) is 5.77. The second-order valence-electron chi connectivity index (χ2n) is 7.51. The van der Waals surface area contributed by atoms with Crippen molar-refractivity contribution in [2.45, 2.75) is 42.1 Å². The van der Waals surface area contributed by atoms with Gasteiger partial charge in [-0.05, 0) is 32.0 Å². The molecular formula is C23H23NO5S2. The molecule has 0 fully saturated rings. The number of benzene rings is 2. The van der Waals surface area contributed by atoms with Crippen LogP contribution in [0.5, 0.6) is 11.5 Å². The average molecular weight is 458 g/mol. The SMILES string of the molecule is COc1cccc([C@H]2CC(=O)Nc3c(S(=O)(=O)c4ccccc4)csc32)c1OC(C)C. The van der Waals surface area contributed by atoms with Crippen LogP contribution < -0.4 is 14.8 Å². The molecule has 1 N–H and O–H groups in total. The Balaban J connectivity index is 1.86. The molecule has 31 heavy (non-hydrogen) atoms. The maximum atomic E-state index is 13.2. The van der Waals surface area contributed by atoms with Gasteiger partial charge in [-0.25, -0.2) is 8.42 Å². The van der Waals surface area contributed by atoms with Crippen LogP contribution in [-0.2, 0) is 14.6 Å². The molecule has 0 unspecified atom stereocenters. The third-order valence-electron chi connectivity index (χ3n) is 5.06. The summed E-state index contributed by atoms with van der Waals surface area (Å²) in [7, 11) is -2.20. The molecule has 0 bridgehead atoms. The molecule has 6 nitrogen and oxygen atoms in total. The van der Waals surface area contributed by atoms with Crippen LogP contribution in [0, 0.1) is 0 Å². The van der Waals surface area contributed by atoms with Crippen LogP contribution in [0.4, 0.5) is 5.69 Å². The van der Waals surface area contributed by atoms with E-state index >= 15 is 0 Å². The lowest BCUT2D eigenvalue weighted by atomic mass is 9.89. The molecule has 1 aliphatic heterocycles. The number of para-hydroxylation sites is 1.